The van der Waals surface area contributed by atoms with Crippen LogP contribution in [0.25, 0.3) is 0 Å². The van der Waals surface area contributed by atoms with Crippen LogP contribution in [-0.4, -0.2) is 35.7 Å². The van der Waals surface area contributed by atoms with Gasteiger partial charge in [-0.1, -0.05) is 44.1 Å². The van der Waals surface area contributed by atoms with Gasteiger partial charge < -0.3 is 14.8 Å². The van der Waals surface area contributed by atoms with Gasteiger partial charge in [-0.25, -0.2) is 0 Å². The zero-order valence-electron chi connectivity index (χ0n) is 20.9. The van der Waals surface area contributed by atoms with Crippen molar-refractivity contribution < 1.29 is 19.1 Å². The lowest BCUT2D eigenvalue weighted by Gasteiger charge is -2.45. The Morgan fingerprint density at radius 1 is 1.06 bits per heavy atom. The Morgan fingerprint density at radius 3 is 2.31 bits per heavy atom. The molecule has 0 aromatic rings. The van der Waals surface area contributed by atoms with Crippen molar-refractivity contribution in [2.75, 3.05) is 0 Å². The molecule has 2 fully saturated rings. The number of nitrogens with one attached hydrogen (secondary N) is 1. The fourth-order valence-electron chi connectivity index (χ4n) is 6.84. The van der Waals surface area contributed by atoms with Crippen molar-refractivity contribution in [1.29, 1.82) is 0 Å². The molecule has 0 saturated carbocycles. The lowest BCUT2D eigenvalue weighted by molar-refractivity contribution is -0.151. The van der Waals surface area contributed by atoms with E-state index in [1.165, 1.54) is 11.1 Å². The van der Waals surface area contributed by atoms with Gasteiger partial charge in [-0.3, -0.25) is 9.59 Å². The predicted octanol–water partition coefficient (Wildman–Crippen LogP) is 4.96. The van der Waals surface area contributed by atoms with E-state index in [1.807, 2.05) is 13.8 Å². The van der Waals surface area contributed by atoms with Crippen molar-refractivity contribution in [3.05, 3.63) is 23.3 Å². The van der Waals surface area contributed by atoms with Gasteiger partial charge >= 0.3 is 0 Å². The molecule has 5 nitrogen and oxygen atoms in total. The summed E-state index contributed by atoms with van der Waals surface area (Å²) < 4.78 is 12.4. The molecule has 1 spiro atoms. The first-order valence-corrected chi connectivity index (χ1v) is 12.5. The largest absolute Gasteiger partial charge is 0.352 e. The number of ketones is 1. The molecule has 0 aromatic heterocycles. The summed E-state index contributed by atoms with van der Waals surface area (Å²) in [4.78, 5) is 27.9. The molecule has 2 aliphatic carbocycles. The maximum Gasteiger partial charge on any atom is 0.235 e. The first-order chi connectivity index (χ1) is 15.0. The Kier molecular flexibility index (Phi) is 6.21. The number of amides is 1. The van der Waals surface area contributed by atoms with Crippen molar-refractivity contribution in [1.82, 2.24) is 5.32 Å². The van der Waals surface area contributed by atoms with E-state index >= 15 is 0 Å². The number of allylic oxidation sites excluding steroid dienone is 4. The third-order valence-corrected chi connectivity index (χ3v) is 8.29. The van der Waals surface area contributed by atoms with E-state index in [2.05, 4.69) is 52.1 Å². The van der Waals surface area contributed by atoms with Crippen LogP contribution in [0.2, 0.25) is 0 Å². The molecule has 1 N–H and O–H groups in total. The standard InChI is InChI=1S/C27H41NO4/c1-15(2)12-20-24-18(5)17(4)14-19-13-16(3)8-9-21-22(32-26(6,7)31-21)10-11-23(29)27(19,24)25(30)28-20/h13-15,18-22,24H,8-12H2,1-7H3,(H,28,30)/b16-13+/t18-,19+,20+,21+,22+,24+,27-/m1/s1. The van der Waals surface area contributed by atoms with Crippen LogP contribution in [0, 0.1) is 29.1 Å². The monoisotopic (exact) mass is 443 g/mol. The highest BCUT2D eigenvalue weighted by Gasteiger charge is 2.65. The van der Waals surface area contributed by atoms with E-state index in [0.29, 0.717) is 18.8 Å². The zero-order chi connectivity index (χ0) is 23.4. The summed E-state index contributed by atoms with van der Waals surface area (Å²) in [6.45, 7) is 14.7. The highest BCUT2D eigenvalue weighted by atomic mass is 16.7. The summed E-state index contributed by atoms with van der Waals surface area (Å²) in [5.41, 5.74) is 1.49. The number of rotatable bonds is 2. The molecule has 4 rings (SSSR count). The fourth-order valence-corrected chi connectivity index (χ4v) is 6.84. The Labute approximate surface area is 193 Å². The first kappa shape index (κ1) is 23.7. The van der Waals surface area contributed by atoms with Gasteiger partial charge in [0.05, 0.1) is 12.2 Å². The topological polar surface area (TPSA) is 64.6 Å². The van der Waals surface area contributed by atoms with Gasteiger partial charge in [-0.2, -0.15) is 0 Å². The minimum Gasteiger partial charge on any atom is -0.352 e. The summed E-state index contributed by atoms with van der Waals surface area (Å²) >= 11 is 0. The lowest BCUT2D eigenvalue weighted by atomic mass is 9.54. The SMILES string of the molecule is CC1=C[C@@H]2/C=C(\C)CC[C@@H]3OC(C)(C)O[C@H]3CCC(=O)[C@]23C(=O)N[C@@H](CC(C)C)[C@@H]3[C@@H]1C. The second kappa shape index (κ2) is 8.39. The smallest absolute Gasteiger partial charge is 0.235 e. The van der Waals surface area contributed by atoms with Gasteiger partial charge in [0.25, 0.3) is 0 Å². The van der Waals surface area contributed by atoms with Gasteiger partial charge in [0, 0.05) is 24.3 Å². The number of hydrogen-bond acceptors (Lipinski definition) is 4. The summed E-state index contributed by atoms with van der Waals surface area (Å²) in [6, 6.07) is 0.0316. The van der Waals surface area contributed by atoms with Gasteiger partial charge in [-0.15, -0.1) is 0 Å². The van der Waals surface area contributed by atoms with E-state index in [0.717, 1.165) is 19.3 Å². The Hall–Kier alpha value is -1.46. The maximum atomic E-state index is 14.1. The summed E-state index contributed by atoms with van der Waals surface area (Å²) in [6.07, 6.45) is 7.89. The molecule has 4 aliphatic rings. The predicted molar refractivity (Wildman–Crippen MR) is 125 cm³/mol. The molecule has 0 bridgehead atoms. The molecule has 178 valence electrons. The number of fused-ring (bicyclic) bond motifs is 1. The molecule has 0 aromatic carbocycles. The van der Waals surface area contributed by atoms with Crippen LogP contribution >= 0.6 is 0 Å². The molecule has 2 aliphatic heterocycles. The zero-order valence-corrected chi connectivity index (χ0v) is 20.9. The number of ether oxygens (including phenoxy) is 2. The molecule has 1 amide bonds. The highest BCUT2D eigenvalue weighted by molar-refractivity contribution is 6.09. The van der Waals surface area contributed by atoms with Gasteiger partial charge in [-0.05, 0) is 65.2 Å². The molecule has 0 unspecified atom stereocenters. The minimum atomic E-state index is -1.02. The number of carbonyl (C=O) groups excluding carboxylic acids is 2. The Balaban J connectivity index is 1.78. The van der Waals surface area contributed by atoms with Crippen LogP contribution in [0.5, 0.6) is 0 Å². The summed E-state index contributed by atoms with van der Waals surface area (Å²) in [5.74, 6) is -0.186. The van der Waals surface area contributed by atoms with E-state index in [4.69, 9.17) is 9.47 Å². The third kappa shape index (κ3) is 3.90. The number of Topliss-reactive ketones (excluding diaryl/α,β-unsaturated/α-hetero) is 1. The molecule has 7 atom stereocenters. The fraction of sp³-hybridized carbons (Fsp3) is 0.778. The summed E-state index contributed by atoms with van der Waals surface area (Å²) in [5, 5.41) is 3.29. The first-order valence-electron chi connectivity index (χ1n) is 12.5. The average Bonchev–Trinajstić information content (AvgIpc) is 3.14. The van der Waals surface area contributed by atoms with Crippen LogP contribution in [0.4, 0.5) is 0 Å². The second-order valence-corrected chi connectivity index (χ2v) is 11.6. The third-order valence-electron chi connectivity index (χ3n) is 8.29. The van der Waals surface area contributed by atoms with Crippen LogP contribution in [0.15, 0.2) is 23.3 Å². The number of hydrogen-bond donors (Lipinski definition) is 1. The van der Waals surface area contributed by atoms with Crippen molar-refractivity contribution in [3.63, 3.8) is 0 Å². The lowest BCUT2D eigenvalue weighted by Crippen LogP contribution is -2.52. The van der Waals surface area contributed by atoms with Crippen LogP contribution < -0.4 is 5.32 Å². The molecule has 0 radical (unpaired) electrons. The maximum absolute atomic E-state index is 14.1. The van der Waals surface area contributed by atoms with Crippen LogP contribution in [-0.2, 0) is 19.1 Å². The van der Waals surface area contributed by atoms with Gasteiger partial charge in [0.15, 0.2) is 5.79 Å². The van der Waals surface area contributed by atoms with Gasteiger partial charge in [0.1, 0.15) is 11.2 Å². The normalized spacial score (nSPS) is 43.4. The summed E-state index contributed by atoms with van der Waals surface area (Å²) in [7, 11) is 0. The van der Waals surface area contributed by atoms with E-state index in [-0.39, 0.29) is 47.7 Å². The second-order valence-electron chi connectivity index (χ2n) is 11.6. The molecule has 2 saturated heterocycles. The highest BCUT2D eigenvalue weighted by Crippen LogP contribution is 2.55. The molecule has 2 heterocycles. The minimum absolute atomic E-state index is 0.0160. The van der Waals surface area contributed by atoms with Crippen molar-refractivity contribution in [2.45, 2.75) is 105 Å². The van der Waals surface area contributed by atoms with Crippen molar-refractivity contribution in [3.8, 4) is 0 Å². The number of carbonyl (C=O) groups is 2. The van der Waals surface area contributed by atoms with E-state index < -0.39 is 11.2 Å². The molecular formula is C27H41NO4. The molecule has 32 heavy (non-hydrogen) atoms. The van der Waals surface area contributed by atoms with Crippen molar-refractivity contribution in [2.24, 2.45) is 29.1 Å². The Bertz CT molecular complexity index is 841. The van der Waals surface area contributed by atoms with Crippen LogP contribution in [0.1, 0.15) is 80.6 Å². The van der Waals surface area contributed by atoms with Gasteiger partial charge in [0.2, 0.25) is 5.91 Å². The van der Waals surface area contributed by atoms with Crippen molar-refractivity contribution >= 4 is 11.7 Å². The average molecular weight is 444 g/mol. The molecule has 5 heteroatoms. The van der Waals surface area contributed by atoms with Crippen LogP contribution in [0.3, 0.4) is 0 Å². The quantitative estimate of drug-likeness (QED) is 0.484. The van der Waals surface area contributed by atoms with E-state index in [9.17, 15) is 9.59 Å². The molecular weight excluding hydrogens is 402 g/mol. The van der Waals surface area contributed by atoms with E-state index in [1.54, 1.807) is 0 Å². The Morgan fingerprint density at radius 2 is 1.69 bits per heavy atom.